The van der Waals surface area contributed by atoms with Crippen molar-refractivity contribution in [1.82, 2.24) is 5.32 Å². The molecule has 4 heteroatoms. The van der Waals surface area contributed by atoms with Crippen molar-refractivity contribution in [2.75, 3.05) is 6.54 Å². The zero-order valence-electron chi connectivity index (χ0n) is 11.1. The molecule has 3 aromatic rings. The standard InChI is InChI=1S/C15H17NOS2/c1-3-7-16-15(11-5-4-10(2)17-11)14-9-13-12(19-14)6-8-18-13/h4-6,8-9,15-16H,3,7H2,1-2H3. The third-order valence-electron chi connectivity index (χ3n) is 3.09. The smallest absolute Gasteiger partial charge is 0.126 e. The first kappa shape index (κ1) is 12.9. The van der Waals surface area contributed by atoms with Crippen molar-refractivity contribution in [2.24, 2.45) is 0 Å². The first-order chi connectivity index (χ1) is 9.28. The predicted octanol–water partition coefficient (Wildman–Crippen LogP) is 4.95. The topological polar surface area (TPSA) is 25.2 Å². The highest BCUT2D eigenvalue weighted by Gasteiger charge is 2.19. The van der Waals surface area contributed by atoms with Crippen molar-refractivity contribution in [3.8, 4) is 0 Å². The summed E-state index contributed by atoms with van der Waals surface area (Å²) in [5, 5.41) is 5.74. The van der Waals surface area contributed by atoms with Gasteiger partial charge in [0.15, 0.2) is 0 Å². The quantitative estimate of drug-likeness (QED) is 0.719. The van der Waals surface area contributed by atoms with E-state index in [9.17, 15) is 0 Å². The molecule has 0 aliphatic heterocycles. The maximum absolute atomic E-state index is 5.82. The van der Waals surface area contributed by atoms with Gasteiger partial charge in [0.25, 0.3) is 0 Å². The minimum absolute atomic E-state index is 0.179. The number of aryl methyl sites for hydroxylation is 1. The molecule has 0 saturated carbocycles. The molecular formula is C15H17NOS2. The summed E-state index contributed by atoms with van der Waals surface area (Å²) < 4.78 is 8.55. The second-order valence-electron chi connectivity index (χ2n) is 4.63. The van der Waals surface area contributed by atoms with Crippen LogP contribution >= 0.6 is 22.7 Å². The van der Waals surface area contributed by atoms with Crippen molar-refractivity contribution >= 4 is 32.1 Å². The molecule has 100 valence electrons. The van der Waals surface area contributed by atoms with Crippen LogP contribution in [0.15, 0.2) is 34.1 Å². The summed E-state index contributed by atoms with van der Waals surface area (Å²) in [5.74, 6) is 1.98. The van der Waals surface area contributed by atoms with E-state index < -0.39 is 0 Å². The Hall–Kier alpha value is -1.10. The Bertz CT molecular complexity index is 636. The minimum Gasteiger partial charge on any atom is -0.464 e. The van der Waals surface area contributed by atoms with E-state index in [1.807, 2.05) is 24.3 Å². The van der Waals surface area contributed by atoms with E-state index in [4.69, 9.17) is 4.42 Å². The molecule has 1 N–H and O–H groups in total. The van der Waals surface area contributed by atoms with Crippen molar-refractivity contribution in [3.05, 3.63) is 46.0 Å². The van der Waals surface area contributed by atoms with Crippen LogP contribution in [-0.2, 0) is 0 Å². The lowest BCUT2D eigenvalue weighted by Gasteiger charge is -2.14. The van der Waals surface area contributed by atoms with Crippen LogP contribution in [0.3, 0.4) is 0 Å². The lowest BCUT2D eigenvalue weighted by Crippen LogP contribution is -2.21. The van der Waals surface area contributed by atoms with Crippen LogP contribution in [0.5, 0.6) is 0 Å². The summed E-state index contributed by atoms with van der Waals surface area (Å²) in [5.41, 5.74) is 0. The van der Waals surface area contributed by atoms with Crippen molar-refractivity contribution in [1.29, 1.82) is 0 Å². The van der Waals surface area contributed by atoms with Crippen LogP contribution in [0.25, 0.3) is 9.40 Å². The highest BCUT2D eigenvalue weighted by molar-refractivity contribution is 7.27. The summed E-state index contributed by atoms with van der Waals surface area (Å²) in [4.78, 5) is 1.34. The van der Waals surface area contributed by atoms with Crippen LogP contribution < -0.4 is 5.32 Å². The van der Waals surface area contributed by atoms with E-state index in [0.717, 1.165) is 24.5 Å². The maximum Gasteiger partial charge on any atom is 0.126 e. The molecule has 0 amide bonds. The van der Waals surface area contributed by atoms with Gasteiger partial charge in [-0.1, -0.05) is 6.92 Å². The third-order valence-corrected chi connectivity index (χ3v) is 5.25. The normalized spacial score (nSPS) is 13.2. The number of fused-ring (bicyclic) bond motifs is 1. The molecule has 0 aromatic carbocycles. The Labute approximate surface area is 121 Å². The molecule has 2 nitrogen and oxygen atoms in total. The molecule has 3 aromatic heterocycles. The van der Waals surface area contributed by atoms with Crippen LogP contribution in [0.2, 0.25) is 0 Å². The molecule has 3 rings (SSSR count). The predicted molar refractivity (Wildman–Crippen MR) is 83.3 cm³/mol. The largest absolute Gasteiger partial charge is 0.464 e. The average Bonchev–Trinajstić information content (AvgIpc) is 3.05. The lowest BCUT2D eigenvalue weighted by molar-refractivity contribution is 0.433. The van der Waals surface area contributed by atoms with E-state index in [1.165, 1.54) is 14.3 Å². The van der Waals surface area contributed by atoms with Gasteiger partial charge >= 0.3 is 0 Å². The highest BCUT2D eigenvalue weighted by atomic mass is 32.1. The highest BCUT2D eigenvalue weighted by Crippen LogP contribution is 2.36. The van der Waals surface area contributed by atoms with Crippen molar-refractivity contribution in [3.63, 3.8) is 0 Å². The molecule has 0 radical (unpaired) electrons. The van der Waals surface area contributed by atoms with Gasteiger partial charge in [0, 0.05) is 14.3 Å². The Morgan fingerprint density at radius 3 is 2.84 bits per heavy atom. The number of rotatable bonds is 5. The number of thiophene rings is 2. The fourth-order valence-electron chi connectivity index (χ4n) is 2.17. The summed E-state index contributed by atoms with van der Waals surface area (Å²) >= 11 is 3.66. The second kappa shape index (κ2) is 5.49. The summed E-state index contributed by atoms with van der Waals surface area (Å²) in [6.07, 6.45) is 1.12. The molecule has 0 aliphatic carbocycles. The molecule has 1 atom stereocenters. The van der Waals surface area contributed by atoms with Gasteiger partial charge in [-0.15, -0.1) is 22.7 Å². The molecule has 19 heavy (non-hydrogen) atoms. The van der Waals surface area contributed by atoms with Gasteiger partial charge in [0.2, 0.25) is 0 Å². The van der Waals surface area contributed by atoms with Gasteiger partial charge in [0.1, 0.15) is 17.6 Å². The molecule has 0 fully saturated rings. The fraction of sp³-hybridized carbons (Fsp3) is 0.333. The Kier molecular flexibility index (Phi) is 3.73. The second-order valence-corrected chi connectivity index (χ2v) is 6.70. The van der Waals surface area contributed by atoms with E-state index in [0.29, 0.717) is 0 Å². The molecule has 0 bridgehead atoms. The monoisotopic (exact) mass is 291 g/mol. The van der Waals surface area contributed by atoms with E-state index >= 15 is 0 Å². The fourth-order valence-corrected chi connectivity index (χ4v) is 4.37. The van der Waals surface area contributed by atoms with E-state index in [1.54, 1.807) is 11.3 Å². The van der Waals surface area contributed by atoms with Crippen molar-refractivity contribution < 1.29 is 4.42 Å². The number of hydrogen-bond acceptors (Lipinski definition) is 4. The van der Waals surface area contributed by atoms with Crippen LogP contribution in [0, 0.1) is 6.92 Å². The Morgan fingerprint density at radius 1 is 1.26 bits per heavy atom. The first-order valence-corrected chi connectivity index (χ1v) is 8.24. The number of furan rings is 1. The number of hydrogen-bond donors (Lipinski definition) is 1. The van der Waals surface area contributed by atoms with Gasteiger partial charge in [-0.2, -0.15) is 0 Å². The van der Waals surface area contributed by atoms with Gasteiger partial charge < -0.3 is 9.73 Å². The molecule has 3 heterocycles. The first-order valence-electron chi connectivity index (χ1n) is 6.54. The maximum atomic E-state index is 5.82. The van der Waals surface area contributed by atoms with E-state index in [-0.39, 0.29) is 6.04 Å². The molecule has 1 unspecified atom stereocenters. The van der Waals surface area contributed by atoms with Crippen LogP contribution in [-0.4, -0.2) is 6.54 Å². The molecular weight excluding hydrogens is 274 g/mol. The van der Waals surface area contributed by atoms with Crippen LogP contribution in [0.1, 0.15) is 35.8 Å². The van der Waals surface area contributed by atoms with E-state index in [2.05, 4.69) is 35.8 Å². The van der Waals surface area contributed by atoms with Gasteiger partial charge in [-0.05, 0) is 49.5 Å². The lowest BCUT2D eigenvalue weighted by atomic mass is 10.2. The molecule has 0 spiro atoms. The minimum atomic E-state index is 0.179. The SMILES string of the molecule is CCCNC(c1ccc(C)o1)c1cc2sccc2s1. The number of nitrogens with one attached hydrogen (secondary N) is 1. The third kappa shape index (κ3) is 2.61. The van der Waals surface area contributed by atoms with Gasteiger partial charge in [-0.3, -0.25) is 0 Å². The zero-order valence-corrected chi connectivity index (χ0v) is 12.7. The summed E-state index contributed by atoms with van der Waals surface area (Å²) in [6.45, 7) is 5.17. The Morgan fingerprint density at radius 2 is 2.16 bits per heavy atom. The van der Waals surface area contributed by atoms with Crippen LogP contribution in [0.4, 0.5) is 0 Å². The zero-order chi connectivity index (χ0) is 13.2. The van der Waals surface area contributed by atoms with Crippen molar-refractivity contribution in [2.45, 2.75) is 26.3 Å². The molecule has 0 aliphatic rings. The Balaban J connectivity index is 1.96. The molecule has 0 saturated heterocycles. The average molecular weight is 291 g/mol. The summed E-state index contributed by atoms with van der Waals surface area (Å²) in [7, 11) is 0. The van der Waals surface area contributed by atoms with Gasteiger partial charge in [-0.25, -0.2) is 0 Å². The summed E-state index contributed by atoms with van der Waals surface area (Å²) in [6, 6.07) is 8.77. The van der Waals surface area contributed by atoms with Gasteiger partial charge in [0.05, 0.1) is 0 Å².